The molecule has 0 aliphatic carbocycles. The van der Waals surface area contributed by atoms with Gasteiger partial charge >= 0.3 is 0 Å². The van der Waals surface area contributed by atoms with Crippen LogP contribution in [0.1, 0.15) is 29.6 Å². The number of amides is 2. The van der Waals surface area contributed by atoms with E-state index in [1.54, 1.807) is 0 Å². The van der Waals surface area contributed by atoms with Crippen LogP contribution in [0.4, 0.5) is 14.5 Å². The Bertz CT molecular complexity index is 836. The van der Waals surface area contributed by atoms with Gasteiger partial charge in [0.1, 0.15) is 5.82 Å². The van der Waals surface area contributed by atoms with Crippen LogP contribution < -0.4 is 15.4 Å². The minimum atomic E-state index is -0.556. The summed E-state index contributed by atoms with van der Waals surface area (Å²) >= 11 is 0. The number of allylic oxidation sites excluding steroid dienone is 1. The summed E-state index contributed by atoms with van der Waals surface area (Å²) in [6.07, 6.45) is 1.09. The number of anilines is 1. The van der Waals surface area contributed by atoms with E-state index in [0.717, 1.165) is 6.07 Å². The third kappa shape index (κ3) is 6.22. The van der Waals surface area contributed by atoms with Crippen molar-refractivity contribution in [3.63, 3.8) is 0 Å². The van der Waals surface area contributed by atoms with Crippen molar-refractivity contribution in [3.05, 3.63) is 71.9 Å². The maximum Gasteiger partial charge on any atom is 0.255 e. The fraction of sp³-hybridized carbons (Fsp3) is 0.200. The smallest absolute Gasteiger partial charge is 0.255 e. The fourth-order valence-corrected chi connectivity index (χ4v) is 2.32. The molecule has 0 radical (unpaired) electrons. The predicted molar refractivity (Wildman–Crippen MR) is 98.4 cm³/mol. The highest BCUT2D eigenvalue weighted by Gasteiger charge is 2.11. The van der Waals surface area contributed by atoms with Crippen LogP contribution in [0.5, 0.6) is 5.75 Å². The van der Waals surface area contributed by atoms with Crippen molar-refractivity contribution in [1.82, 2.24) is 5.32 Å². The van der Waals surface area contributed by atoms with Crippen LogP contribution in [-0.2, 0) is 4.79 Å². The first kappa shape index (κ1) is 20.1. The topological polar surface area (TPSA) is 67.4 Å². The minimum absolute atomic E-state index is 0.0225. The molecule has 0 saturated heterocycles. The van der Waals surface area contributed by atoms with Gasteiger partial charge in [0.05, 0.1) is 7.11 Å². The lowest BCUT2D eigenvalue weighted by molar-refractivity contribution is -0.116. The number of methoxy groups -OCH3 is 1. The van der Waals surface area contributed by atoms with Crippen molar-refractivity contribution >= 4 is 17.5 Å². The van der Waals surface area contributed by atoms with E-state index in [-0.39, 0.29) is 29.5 Å². The molecule has 0 spiro atoms. The van der Waals surface area contributed by atoms with Gasteiger partial charge in [-0.25, -0.2) is 8.78 Å². The molecule has 0 aromatic heterocycles. The summed E-state index contributed by atoms with van der Waals surface area (Å²) < 4.78 is 31.1. The van der Waals surface area contributed by atoms with Gasteiger partial charge in [-0.3, -0.25) is 9.59 Å². The number of carbonyl (C=O) groups is 2. The van der Waals surface area contributed by atoms with E-state index < -0.39 is 11.7 Å². The van der Waals surface area contributed by atoms with Crippen LogP contribution in [0.2, 0.25) is 0 Å². The molecule has 27 heavy (non-hydrogen) atoms. The number of nitrogens with one attached hydrogen (secondary N) is 2. The second-order valence-corrected chi connectivity index (χ2v) is 5.82. The van der Waals surface area contributed by atoms with Crippen molar-refractivity contribution in [2.45, 2.75) is 19.3 Å². The van der Waals surface area contributed by atoms with Crippen LogP contribution in [0.25, 0.3) is 0 Å². The van der Waals surface area contributed by atoms with E-state index in [9.17, 15) is 18.4 Å². The second-order valence-electron chi connectivity index (χ2n) is 5.82. The molecule has 2 N–H and O–H groups in total. The summed E-state index contributed by atoms with van der Waals surface area (Å²) in [6.45, 7) is 3.76. The highest BCUT2D eigenvalue weighted by Crippen LogP contribution is 2.18. The summed E-state index contributed by atoms with van der Waals surface area (Å²) in [5.74, 6) is -1.61. The largest absolute Gasteiger partial charge is 0.494 e. The predicted octanol–water partition coefficient (Wildman–Crippen LogP) is 4.03. The second kappa shape index (κ2) is 9.47. The van der Waals surface area contributed by atoms with Crippen molar-refractivity contribution in [3.8, 4) is 5.75 Å². The molecule has 0 saturated carbocycles. The maximum absolute atomic E-state index is 13.4. The number of hydrogen-bond donors (Lipinski definition) is 2. The van der Waals surface area contributed by atoms with E-state index in [1.165, 1.54) is 43.5 Å². The van der Waals surface area contributed by atoms with Gasteiger partial charge in [-0.1, -0.05) is 6.58 Å². The summed E-state index contributed by atoms with van der Waals surface area (Å²) in [5.41, 5.74) is 1.19. The number of ether oxygens (including phenoxy) is 1. The van der Waals surface area contributed by atoms with Crippen molar-refractivity contribution in [2.75, 3.05) is 12.4 Å². The van der Waals surface area contributed by atoms with E-state index in [0.29, 0.717) is 24.2 Å². The molecule has 0 aliphatic heterocycles. The molecule has 0 unspecified atom stereocenters. The Morgan fingerprint density at radius 2 is 1.78 bits per heavy atom. The van der Waals surface area contributed by atoms with Gasteiger partial charge in [0.15, 0.2) is 11.6 Å². The first-order valence-corrected chi connectivity index (χ1v) is 8.27. The van der Waals surface area contributed by atoms with Gasteiger partial charge < -0.3 is 15.4 Å². The standard InChI is InChI=1S/C20H20F2N2O3/c1-13(23-20(26)14-6-11-17(22)18(12-14)27-2)4-3-5-19(25)24-16-9-7-15(21)8-10-16/h6-12H,1,3-5H2,2H3,(H,23,26)(H,24,25). The summed E-state index contributed by atoms with van der Waals surface area (Å²) in [7, 11) is 1.32. The molecule has 2 aromatic carbocycles. The Kier molecular flexibility index (Phi) is 7.05. The molecule has 2 aromatic rings. The molecule has 142 valence electrons. The molecule has 0 fully saturated rings. The van der Waals surface area contributed by atoms with E-state index in [4.69, 9.17) is 4.74 Å². The van der Waals surface area contributed by atoms with Crippen LogP contribution in [-0.4, -0.2) is 18.9 Å². The minimum Gasteiger partial charge on any atom is -0.494 e. The summed E-state index contributed by atoms with van der Waals surface area (Å²) in [4.78, 5) is 24.0. The Balaban J connectivity index is 1.76. The molecule has 5 nitrogen and oxygen atoms in total. The molecule has 0 aliphatic rings. The highest BCUT2D eigenvalue weighted by atomic mass is 19.1. The number of hydrogen-bond acceptors (Lipinski definition) is 3. The average Bonchev–Trinajstić information content (AvgIpc) is 2.64. The number of halogens is 2. The zero-order valence-corrected chi connectivity index (χ0v) is 14.9. The van der Waals surface area contributed by atoms with Gasteiger partial charge in [0.25, 0.3) is 5.91 Å². The van der Waals surface area contributed by atoms with E-state index in [2.05, 4.69) is 17.2 Å². The maximum atomic E-state index is 13.4. The third-order valence-electron chi connectivity index (χ3n) is 3.71. The number of carbonyl (C=O) groups excluding carboxylic acids is 2. The highest BCUT2D eigenvalue weighted by molar-refractivity contribution is 5.95. The monoisotopic (exact) mass is 374 g/mol. The summed E-state index contributed by atoms with van der Waals surface area (Å²) in [6, 6.07) is 9.27. The normalized spacial score (nSPS) is 10.2. The Morgan fingerprint density at radius 1 is 1.07 bits per heavy atom. The van der Waals surface area contributed by atoms with Crippen LogP contribution in [0, 0.1) is 11.6 Å². The molecular formula is C20H20F2N2O3. The van der Waals surface area contributed by atoms with E-state index in [1.807, 2.05) is 0 Å². The van der Waals surface area contributed by atoms with Crippen molar-refractivity contribution < 1.29 is 23.1 Å². The zero-order valence-electron chi connectivity index (χ0n) is 14.9. The Labute approximate surface area is 156 Å². The molecule has 2 amide bonds. The zero-order chi connectivity index (χ0) is 19.8. The molecular weight excluding hydrogens is 354 g/mol. The first-order chi connectivity index (χ1) is 12.9. The average molecular weight is 374 g/mol. The lowest BCUT2D eigenvalue weighted by Crippen LogP contribution is -2.22. The molecule has 2 rings (SSSR count). The van der Waals surface area contributed by atoms with Gasteiger partial charge in [-0.15, -0.1) is 0 Å². The fourth-order valence-electron chi connectivity index (χ4n) is 2.32. The SMILES string of the molecule is C=C(CCCC(=O)Nc1ccc(F)cc1)NC(=O)c1ccc(F)c(OC)c1. The van der Waals surface area contributed by atoms with Crippen molar-refractivity contribution in [1.29, 1.82) is 0 Å². The number of rotatable bonds is 8. The third-order valence-corrected chi connectivity index (χ3v) is 3.71. The van der Waals surface area contributed by atoms with Crippen LogP contribution in [0.15, 0.2) is 54.7 Å². The summed E-state index contributed by atoms with van der Waals surface area (Å²) in [5, 5.41) is 5.27. The molecule has 7 heteroatoms. The van der Waals surface area contributed by atoms with Gasteiger partial charge in [-0.2, -0.15) is 0 Å². The van der Waals surface area contributed by atoms with Crippen LogP contribution in [0.3, 0.4) is 0 Å². The van der Waals surface area contributed by atoms with Crippen LogP contribution >= 0.6 is 0 Å². The van der Waals surface area contributed by atoms with Gasteiger partial charge in [-0.05, 0) is 55.3 Å². The lowest BCUT2D eigenvalue weighted by Gasteiger charge is -2.10. The first-order valence-electron chi connectivity index (χ1n) is 8.27. The van der Waals surface area contributed by atoms with E-state index >= 15 is 0 Å². The van der Waals surface area contributed by atoms with Crippen molar-refractivity contribution in [2.24, 2.45) is 0 Å². The van der Waals surface area contributed by atoms with Gasteiger partial charge in [0.2, 0.25) is 5.91 Å². The Hall–Kier alpha value is -3.22. The number of benzene rings is 2. The molecule has 0 bridgehead atoms. The molecule has 0 heterocycles. The Morgan fingerprint density at radius 3 is 2.44 bits per heavy atom. The quantitative estimate of drug-likeness (QED) is 0.733. The van der Waals surface area contributed by atoms with Gasteiger partial charge in [0, 0.05) is 23.4 Å². The molecule has 0 atom stereocenters. The lowest BCUT2D eigenvalue weighted by atomic mass is 10.1.